The number of thioether (sulfide) groups is 1. The van der Waals surface area contributed by atoms with E-state index in [0.29, 0.717) is 24.7 Å². The Labute approximate surface area is 123 Å². The second kappa shape index (κ2) is 9.50. The Balaban J connectivity index is 2.17. The maximum atomic E-state index is 10.5. The molecular weight excluding hydrogens is 278 g/mol. The van der Waals surface area contributed by atoms with E-state index < -0.39 is 12.0 Å². The molecule has 3 N–H and O–H groups in total. The molecule has 20 heavy (non-hydrogen) atoms. The standard InChI is InChI=1S/C14H21NO4S/c1-2-7-18-11-3-5-12(6-4-11)19-8-9-20-10-13(15)14(16)17/h3-6,13H,2,7-10,15H2,1H3,(H,16,17)/t13-/m1/s1. The summed E-state index contributed by atoms with van der Waals surface area (Å²) in [6.07, 6.45) is 0.980. The van der Waals surface area contributed by atoms with E-state index in [1.54, 1.807) is 0 Å². The van der Waals surface area contributed by atoms with Crippen LogP contribution in [0.1, 0.15) is 13.3 Å². The van der Waals surface area contributed by atoms with Crippen molar-refractivity contribution in [1.82, 2.24) is 0 Å². The number of aliphatic carboxylic acids is 1. The number of hydrogen-bond donors (Lipinski definition) is 2. The highest BCUT2D eigenvalue weighted by molar-refractivity contribution is 7.99. The van der Waals surface area contributed by atoms with Gasteiger partial charge in [-0.05, 0) is 30.7 Å². The zero-order valence-electron chi connectivity index (χ0n) is 11.6. The van der Waals surface area contributed by atoms with Crippen molar-refractivity contribution < 1.29 is 19.4 Å². The first-order valence-electron chi connectivity index (χ1n) is 6.55. The van der Waals surface area contributed by atoms with Gasteiger partial charge in [-0.15, -0.1) is 0 Å². The topological polar surface area (TPSA) is 81.8 Å². The van der Waals surface area contributed by atoms with Crippen LogP contribution in [-0.4, -0.2) is 41.8 Å². The van der Waals surface area contributed by atoms with Crippen LogP contribution in [0.25, 0.3) is 0 Å². The van der Waals surface area contributed by atoms with Gasteiger partial charge in [0.2, 0.25) is 0 Å². The Morgan fingerprint density at radius 1 is 1.25 bits per heavy atom. The smallest absolute Gasteiger partial charge is 0.321 e. The molecule has 1 aromatic rings. The number of rotatable bonds is 10. The SMILES string of the molecule is CCCOc1ccc(OCCSC[C@@H](N)C(=O)O)cc1. The fourth-order valence-electron chi connectivity index (χ4n) is 1.35. The highest BCUT2D eigenvalue weighted by Gasteiger charge is 2.10. The molecule has 0 heterocycles. The fraction of sp³-hybridized carbons (Fsp3) is 0.500. The third kappa shape index (κ3) is 6.68. The molecular formula is C14H21NO4S. The third-order valence-electron chi connectivity index (χ3n) is 2.41. The lowest BCUT2D eigenvalue weighted by molar-refractivity contribution is -0.137. The van der Waals surface area contributed by atoms with E-state index in [2.05, 4.69) is 6.92 Å². The molecule has 5 nitrogen and oxygen atoms in total. The molecule has 0 radical (unpaired) electrons. The van der Waals surface area contributed by atoms with Crippen molar-refractivity contribution in [2.45, 2.75) is 19.4 Å². The molecule has 6 heteroatoms. The largest absolute Gasteiger partial charge is 0.494 e. The van der Waals surface area contributed by atoms with Crippen molar-refractivity contribution in [3.05, 3.63) is 24.3 Å². The summed E-state index contributed by atoms with van der Waals surface area (Å²) in [6.45, 7) is 3.29. The number of hydrogen-bond acceptors (Lipinski definition) is 5. The van der Waals surface area contributed by atoms with E-state index in [0.717, 1.165) is 17.9 Å². The summed E-state index contributed by atoms with van der Waals surface area (Å²) in [6, 6.07) is 6.66. The molecule has 1 rings (SSSR count). The number of carboxylic acid groups (broad SMARTS) is 1. The van der Waals surface area contributed by atoms with Crippen LogP contribution in [0.5, 0.6) is 11.5 Å². The van der Waals surface area contributed by atoms with E-state index in [1.165, 1.54) is 11.8 Å². The normalized spacial score (nSPS) is 11.9. The van der Waals surface area contributed by atoms with Crippen molar-refractivity contribution in [3.63, 3.8) is 0 Å². The van der Waals surface area contributed by atoms with Gasteiger partial charge in [-0.1, -0.05) is 6.92 Å². The summed E-state index contributed by atoms with van der Waals surface area (Å²) in [5.74, 6) is 1.73. The summed E-state index contributed by atoms with van der Waals surface area (Å²) in [7, 11) is 0. The van der Waals surface area contributed by atoms with Crippen LogP contribution < -0.4 is 15.2 Å². The van der Waals surface area contributed by atoms with Gasteiger partial charge >= 0.3 is 5.97 Å². The minimum Gasteiger partial charge on any atom is -0.494 e. The Morgan fingerprint density at radius 2 is 1.80 bits per heavy atom. The van der Waals surface area contributed by atoms with Crippen molar-refractivity contribution >= 4 is 17.7 Å². The van der Waals surface area contributed by atoms with Crippen LogP contribution in [0.15, 0.2) is 24.3 Å². The lowest BCUT2D eigenvalue weighted by Gasteiger charge is -2.09. The zero-order valence-corrected chi connectivity index (χ0v) is 12.4. The predicted molar refractivity (Wildman–Crippen MR) is 80.7 cm³/mol. The van der Waals surface area contributed by atoms with Gasteiger partial charge in [0.25, 0.3) is 0 Å². The number of ether oxygens (including phenoxy) is 2. The summed E-state index contributed by atoms with van der Waals surface area (Å²) in [4.78, 5) is 10.5. The van der Waals surface area contributed by atoms with Gasteiger partial charge in [0.1, 0.15) is 17.5 Å². The van der Waals surface area contributed by atoms with Gasteiger partial charge < -0.3 is 20.3 Å². The minimum absolute atomic E-state index is 0.391. The Bertz CT molecular complexity index is 397. The van der Waals surface area contributed by atoms with Crippen molar-refractivity contribution in [2.75, 3.05) is 24.7 Å². The maximum absolute atomic E-state index is 10.5. The zero-order chi connectivity index (χ0) is 14.8. The van der Waals surface area contributed by atoms with E-state index in [4.69, 9.17) is 20.3 Å². The third-order valence-corrected chi connectivity index (χ3v) is 3.46. The van der Waals surface area contributed by atoms with Crippen LogP contribution in [0.2, 0.25) is 0 Å². The summed E-state index contributed by atoms with van der Waals surface area (Å²) in [5.41, 5.74) is 5.39. The monoisotopic (exact) mass is 299 g/mol. The average Bonchev–Trinajstić information content (AvgIpc) is 2.45. The first kappa shape index (κ1) is 16.7. The molecule has 0 saturated carbocycles. The first-order chi connectivity index (χ1) is 9.63. The number of benzene rings is 1. The van der Waals surface area contributed by atoms with Crippen molar-refractivity contribution in [3.8, 4) is 11.5 Å². The molecule has 0 aliphatic heterocycles. The molecule has 0 saturated heterocycles. The average molecular weight is 299 g/mol. The summed E-state index contributed by atoms with van der Waals surface area (Å²) in [5, 5.41) is 8.62. The predicted octanol–water partition coefficient (Wildman–Crippen LogP) is 2.00. The van der Waals surface area contributed by atoms with E-state index in [-0.39, 0.29) is 0 Å². The molecule has 0 amide bonds. The first-order valence-corrected chi connectivity index (χ1v) is 7.70. The highest BCUT2D eigenvalue weighted by atomic mass is 32.2. The van der Waals surface area contributed by atoms with Gasteiger partial charge in [-0.3, -0.25) is 4.79 Å². The van der Waals surface area contributed by atoms with Crippen LogP contribution >= 0.6 is 11.8 Å². The molecule has 1 aromatic carbocycles. The highest BCUT2D eigenvalue weighted by Crippen LogP contribution is 2.18. The Kier molecular flexibility index (Phi) is 7.91. The maximum Gasteiger partial charge on any atom is 0.321 e. The molecule has 1 atom stereocenters. The number of nitrogens with two attached hydrogens (primary N) is 1. The second-order valence-electron chi connectivity index (χ2n) is 4.19. The van der Waals surface area contributed by atoms with Gasteiger partial charge in [-0.2, -0.15) is 11.8 Å². The Morgan fingerprint density at radius 3 is 2.30 bits per heavy atom. The molecule has 112 valence electrons. The van der Waals surface area contributed by atoms with Crippen molar-refractivity contribution in [2.24, 2.45) is 5.73 Å². The van der Waals surface area contributed by atoms with Crippen LogP contribution in [0.4, 0.5) is 0 Å². The molecule has 0 spiro atoms. The number of carbonyl (C=O) groups is 1. The molecule has 0 aliphatic carbocycles. The Hall–Kier alpha value is -1.40. The molecule has 0 aromatic heterocycles. The van der Waals surface area contributed by atoms with Gasteiger partial charge in [-0.25, -0.2) is 0 Å². The molecule has 0 aliphatic rings. The van der Waals surface area contributed by atoms with Crippen LogP contribution in [0, 0.1) is 0 Å². The van der Waals surface area contributed by atoms with Crippen molar-refractivity contribution in [1.29, 1.82) is 0 Å². The van der Waals surface area contributed by atoms with E-state index in [1.807, 2.05) is 24.3 Å². The lowest BCUT2D eigenvalue weighted by atomic mass is 10.3. The van der Waals surface area contributed by atoms with E-state index >= 15 is 0 Å². The van der Waals surface area contributed by atoms with Gasteiger partial charge in [0.05, 0.1) is 13.2 Å². The van der Waals surface area contributed by atoms with Gasteiger partial charge in [0, 0.05) is 11.5 Å². The van der Waals surface area contributed by atoms with Crippen LogP contribution in [-0.2, 0) is 4.79 Å². The van der Waals surface area contributed by atoms with Crippen LogP contribution in [0.3, 0.4) is 0 Å². The van der Waals surface area contributed by atoms with Gasteiger partial charge in [0.15, 0.2) is 0 Å². The fourth-order valence-corrected chi connectivity index (χ4v) is 2.12. The number of carboxylic acids is 1. The quantitative estimate of drug-likeness (QED) is 0.643. The molecule has 0 unspecified atom stereocenters. The summed E-state index contributed by atoms with van der Waals surface area (Å²) < 4.78 is 11.0. The molecule has 0 fully saturated rings. The summed E-state index contributed by atoms with van der Waals surface area (Å²) >= 11 is 1.47. The minimum atomic E-state index is -0.971. The lowest BCUT2D eigenvalue weighted by Crippen LogP contribution is -2.32. The second-order valence-corrected chi connectivity index (χ2v) is 5.34. The molecule has 0 bridgehead atoms. The van der Waals surface area contributed by atoms with E-state index in [9.17, 15) is 4.79 Å².